The smallest absolute Gasteiger partial charge is 0.262 e. The fraction of sp³-hybridized carbons (Fsp3) is 0.304. The van der Waals surface area contributed by atoms with E-state index in [-0.39, 0.29) is 17.2 Å². The molecule has 2 aromatic carbocycles. The molecule has 7 nitrogen and oxygen atoms in total. The van der Waals surface area contributed by atoms with E-state index in [0.717, 1.165) is 41.4 Å². The summed E-state index contributed by atoms with van der Waals surface area (Å²) in [6.45, 7) is 2.61. The highest BCUT2D eigenvalue weighted by Gasteiger charge is 2.18. The number of amides is 1. The van der Waals surface area contributed by atoms with Crippen molar-refractivity contribution in [3.05, 3.63) is 59.9 Å². The predicted octanol–water partition coefficient (Wildman–Crippen LogP) is 4.17. The van der Waals surface area contributed by atoms with Gasteiger partial charge in [-0.15, -0.1) is 0 Å². The molecule has 0 aliphatic carbocycles. The lowest BCUT2D eigenvalue weighted by atomic mass is 10.1. The van der Waals surface area contributed by atoms with E-state index >= 15 is 0 Å². The van der Waals surface area contributed by atoms with Crippen molar-refractivity contribution in [2.24, 2.45) is 4.99 Å². The van der Waals surface area contributed by atoms with Gasteiger partial charge in [0.25, 0.3) is 10.0 Å². The number of hydrogen-bond acceptors (Lipinski definition) is 5. The first-order valence-corrected chi connectivity index (χ1v) is 11.8. The van der Waals surface area contributed by atoms with Gasteiger partial charge in [0.2, 0.25) is 5.91 Å². The van der Waals surface area contributed by atoms with Crippen LogP contribution in [0.1, 0.15) is 36.8 Å². The van der Waals surface area contributed by atoms with E-state index in [1.54, 1.807) is 18.4 Å². The third kappa shape index (κ3) is 5.14. The van der Waals surface area contributed by atoms with Crippen LogP contribution in [0.25, 0.3) is 11.0 Å². The molecule has 1 amide bonds. The summed E-state index contributed by atoms with van der Waals surface area (Å²) in [5.41, 5.74) is 3.02. The summed E-state index contributed by atoms with van der Waals surface area (Å²) < 4.78 is 33.7. The zero-order valence-electron chi connectivity index (χ0n) is 17.3. The Hall–Kier alpha value is -3.13. The Morgan fingerprint density at radius 1 is 1.13 bits per heavy atom. The van der Waals surface area contributed by atoms with Crippen molar-refractivity contribution in [3.8, 4) is 0 Å². The number of anilines is 1. The molecule has 4 rings (SSSR count). The van der Waals surface area contributed by atoms with E-state index in [1.165, 1.54) is 12.1 Å². The molecule has 0 fully saturated rings. The lowest BCUT2D eigenvalue weighted by molar-refractivity contribution is -0.115. The number of amidine groups is 1. The van der Waals surface area contributed by atoms with Gasteiger partial charge in [-0.2, -0.15) is 0 Å². The first kappa shape index (κ1) is 21.1. The molecular formula is C23H25N3O4S. The van der Waals surface area contributed by atoms with E-state index in [9.17, 15) is 13.2 Å². The molecule has 8 heteroatoms. The van der Waals surface area contributed by atoms with E-state index < -0.39 is 10.0 Å². The zero-order chi connectivity index (χ0) is 21.8. The summed E-state index contributed by atoms with van der Waals surface area (Å²) >= 11 is 0. The van der Waals surface area contributed by atoms with Gasteiger partial charge in [0, 0.05) is 29.6 Å². The van der Waals surface area contributed by atoms with Crippen LogP contribution in [0.5, 0.6) is 0 Å². The minimum absolute atomic E-state index is 0.0847. The van der Waals surface area contributed by atoms with Crippen LogP contribution in [-0.2, 0) is 21.2 Å². The van der Waals surface area contributed by atoms with Gasteiger partial charge in [-0.05, 0) is 49.6 Å². The van der Waals surface area contributed by atoms with Gasteiger partial charge < -0.3 is 9.73 Å². The summed E-state index contributed by atoms with van der Waals surface area (Å²) in [5, 5.41) is 3.67. The fourth-order valence-electron chi connectivity index (χ4n) is 3.62. The van der Waals surface area contributed by atoms with Crippen LogP contribution in [0.3, 0.4) is 0 Å². The monoisotopic (exact) mass is 439 g/mol. The maximum Gasteiger partial charge on any atom is 0.262 e. The van der Waals surface area contributed by atoms with Gasteiger partial charge in [0.05, 0.1) is 17.6 Å². The molecule has 0 saturated carbocycles. The van der Waals surface area contributed by atoms with Crippen LogP contribution < -0.4 is 10.0 Å². The molecular weight excluding hydrogens is 414 g/mol. The standard InChI is InChI=1S/C23H25N3O4S/c1-16-9-10-20-17(15-30-21(20)12-16)13-23(27)25-18-6-5-7-19(14-18)31(28,29)26-22-8-3-2-4-11-24-22/h5-7,9-10,12,14-15H,2-4,8,11,13H2,1H3,(H,24,26)(H,25,27). The van der Waals surface area contributed by atoms with Crippen LogP contribution in [0, 0.1) is 6.92 Å². The molecule has 1 aromatic heterocycles. The number of fused-ring (bicyclic) bond motifs is 1. The number of nitrogens with one attached hydrogen (secondary N) is 2. The number of hydrogen-bond donors (Lipinski definition) is 2. The Bertz CT molecular complexity index is 1240. The highest BCUT2D eigenvalue weighted by molar-refractivity contribution is 7.90. The molecule has 0 saturated heterocycles. The lowest BCUT2D eigenvalue weighted by Crippen LogP contribution is -2.30. The number of aryl methyl sites for hydroxylation is 1. The molecule has 0 spiro atoms. The zero-order valence-corrected chi connectivity index (χ0v) is 18.2. The van der Waals surface area contributed by atoms with Gasteiger partial charge in [0.1, 0.15) is 11.4 Å². The molecule has 2 heterocycles. The third-order valence-electron chi connectivity index (χ3n) is 5.22. The molecule has 31 heavy (non-hydrogen) atoms. The number of furan rings is 1. The molecule has 0 unspecified atom stereocenters. The summed E-state index contributed by atoms with van der Waals surface area (Å²) in [7, 11) is -3.76. The molecule has 3 aromatic rings. The van der Waals surface area contributed by atoms with Crippen molar-refractivity contribution in [3.63, 3.8) is 0 Å². The number of rotatable bonds is 5. The van der Waals surface area contributed by atoms with Gasteiger partial charge >= 0.3 is 0 Å². The maximum atomic E-state index is 12.8. The van der Waals surface area contributed by atoms with Gasteiger partial charge in [-0.1, -0.05) is 24.6 Å². The first-order valence-electron chi connectivity index (χ1n) is 10.3. The fourth-order valence-corrected chi connectivity index (χ4v) is 4.75. The number of carbonyl (C=O) groups excluding carboxylic acids is 1. The maximum absolute atomic E-state index is 12.8. The second kappa shape index (κ2) is 8.93. The molecule has 1 aliphatic rings. The molecule has 0 radical (unpaired) electrons. The average molecular weight is 440 g/mol. The topological polar surface area (TPSA) is 101 Å². The van der Waals surface area contributed by atoms with Gasteiger partial charge in [-0.25, -0.2) is 8.42 Å². The van der Waals surface area contributed by atoms with Crippen molar-refractivity contribution in [2.45, 2.75) is 43.9 Å². The van der Waals surface area contributed by atoms with Crippen LogP contribution in [-0.4, -0.2) is 26.7 Å². The Balaban J connectivity index is 1.46. The Labute approximate surface area is 181 Å². The summed E-state index contributed by atoms with van der Waals surface area (Å²) in [6, 6.07) is 12.1. The van der Waals surface area contributed by atoms with Crippen molar-refractivity contribution < 1.29 is 17.6 Å². The third-order valence-corrected chi connectivity index (χ3v) is 6.60. The average Bonchev–Trinajstić information content (AvgIpc) is 2.93. The highest BCUT2D eigenvalue weighted by atomic mass is 32.2. The second-order valence-electron chi connectivity index (χ2n) is 7.76. The SMILES string of the molecule is Cc1ccc2c(CC(=O)Nc3cccc(S(=O)(=O)NC4=NCCCCC4)c3)coc2c1. The van der Waals surface area contributed by atoms with E-state index in [4.69, 9.17) is 4.42 Å². The number of benzene rings is 2. The minimum atomic E-state index is -3.76. The van der Waals surface area contributed by atoms with Crippen molar-refractivity contribution in [1.29, 1.82) is 0 Å². The predicted molar refractivity (Wildman–Crippen MR) is 121 cm³/mol. The van der Waals surface area contributed by atoms with E-state index in [0.29, 0.717) is 24.5 Å². The lowest BCUT2D eigenvalue weighted by Gasteiger charge is -2.11. The van der Waals surface area contributed by atoms with Crippen LogP contribution >= 0.6 is 0 Å². The van der Waals surface area contributed by atoms with Gasteiger partial charge in [-0.3, -0.25) is 14.5 Å². The van der Waals surface area contributed by atoms with Crippen molar-refractivity contribution in [1.82, 2.24) is 4.72 Å². The largest absolute Gasteiger partial charge is 0.464 e. The minimum Gasteiger partial charge on any atom is -0.464 e. The van der Waals surface area contributed by atoms with Crippen LogP contribution in [0.15, 0.2) is 63.0 Å². The van der Waals surface area contributed by atoms with Crippen molar-refractivity contribution >= 4 is 38.4 Å². The first-order chi connectivity index (χ1) is 14.9. The number of nitrogens with zero attached hydrogens (tertiary/aromatic N) is 1. The Morgan fingerprint density at radius 2 is 2.00 bits per heavy atom. The number of carbonyl (C=O) groups is 1. The Morgan fingerprint density at radius 3 is 2.87 bits per heavy atom. The van der Waals surface area contributed by atoms with Crippen LogP contribution in [0.4, 0.5) is 5.69 Å². The molecule has 0 bridgehead atoms. The van der Waals surface area contributed by atoms with Crippen LogP contribution in [0.2, 0.25) is 0 Å². The van der Waals surface area contributed by atoms with E-state index in [1.807, 2.05) is 25.1 Å². The molecule has 2 N–H and O–H groups in total. The highest BCUT2D eigenvalue weighted by Crippen LogP contribution is 2.23. The van der Waals surface area contributed by atoms with Gasteiger partial charge in [0.15, 0.2) is 0 Å². The molecule has 162 valence electrons. The normalized spacial score (nSPS) is 14.7. The number of sulfonamides is 1. The van der Waals surface area contributed by atoms with E-state index in [2.05, 4.69) is 15.0 Å². The summed E-state index contributed by atoms with van der Waals surface area (Å²) in [5.74, 6) is 0.243. The number of aliphatic imine (C=N–C) groups is 1. The molecule has 0 atom stereocenters. The van der Waals surface area contributed by atoms with Crippen molar-refractivity contribution in [2.75, 3.05) is 11.9 Å². The summed E-state index contributed by atoms with van der Waals surface area (Å²) in [6.07, 6.45) is 5.26. The second-order valence-corrected chi connectivity index (χ2v) is 9.44. The quantitative estimate of drug-likeness (QED) is 0.623. The Kier molecular flexibility index (Phi) is 6.08. The summed E-state index contributed by atoms with van der Waals surface area (Å²) in [4.78, 5) is 17.0. The molecule has 1 aliphatic heterocycles.